The van der Waals surface area contributed by atoms with Crippen molar-refractivity contribution in [2.24, 2.45) is 0 Å². The van der Waals surface area contributed by atoms with Crippen LogP contribution in [0.1, 0.15) is 12.2 Å². The van der Waals surface area contributed by atoms with E-state index in [4.69, 9.17) is 32.9 Å². The van der Waals surface area contributed by atoms with E-state index in [0.29, 0.717) is 28.8 Å². The number of aryl methyl sites for hydroxylation is 1. The first kappa shape index (κ1) is 18.1. The third kappa shape index (κ3) is 3.88. The van der Waals surface area contributed by atoms with Crippen LogP contribution in [0.5, 0.6) is 5.75 Å². The number of nitrogens with zero attached hydrogens (tertiary/aromatic N) is 2. The van der Waals surface area contributed by atoms with Crippen LogP contribution in [0.4, 0.5) is 0 Å². The van der Waals surface area contributed by atoms with Crippen LogP contribution >= 0.6 is 23.2 Å². The first-order chi connectivity index (χ1) is 13.1. The van der Waals surface area contributed by atoms with Gasteiger partial charge >= 0.3 is 0 Å². The number of aromatic nitrogens is 2. The Balaban J connectivity index is 1.72. The van der Waals surface area contributed by atoms with Crippen molar-refractivity contribution in [3.8, 4) is 5.75 Å². The summed E-state index contributed by atoms with van der Waals surface area (Å²) in [7, 11) is 0. The molecule has 4 aromatic rings. The number of imidazole rings is 1. The number of benzene rings is 3. The molecule has 0 fully saturated rings. The first-order valence-electron chi connectivity index (χ1n) is 8.72. The van der Waals surface area contributed by atoms with Gasteiger partial charge in [0.15, 0.2) is 0 Å². The molecule has 0 unspecified atom stereocenters. The average Bonchev–Trinajstić information content (AvgIpc) is 2.98. The molecule has 3 aromatic carbocycles. The predicted molar refractivity (Wildman–Crippen MR) is 110 cm³/mol. The number of fused-ring (bicyclic) bond motifs is 2. The van der Waals surface area contributed by atoms with Gasteiger partial charge in [-0.05, 0) is 47.5 Å². The summed E-state index contributed by atoms with van der Waals surface area (Å²) in [6.45, 7) is 1.07. The molecule has 0 aliphatic rings. The molecule has 1 N–H and O–H groups in total. The van der Waals surface area contributed by atoms with Crippen molar-refractivity contribution < 1.29 is 9.84 Å². The zero-order valence-corrected chi connectivity index (χ0v) is 16.0. The number of rotatable bonds is 6. The number of hydrogen-bond acceptors (Lipinski definition) is 3. The van der Waals surface area contributed by atoms with Crippen molar-refractivity contribution in [3.05, 3.63) is 70.5 Å². The van der Waals surface area contributed by atoms with E-state index >= 15 is 0 Å². The first-order valence-corrected chi connectivity index (χ1v) is 9.47. The van der Waals surface area contributed by atoms with Crippen molar-refractivity contribution in [2.45, 2.75) is 19.6 Å². The molecule has 0 aliphatic carbocycles. The summed E-state index contributed by atoms with van der Waals surface area (Å²) in [5.74, 6) is 1.39. The van der Waals surface area contributed by atoms with Gasteiger partial charge in [0.2, 0.25) is 0 Å². The van der Waals surface area contributed by atoms with Crippen LogP contribution in [0.15, 0.2) is 54.6 Å². The van der Waals surface area contributed by atoms with E-state index in [0.717, 1.165) is 27.6 Å². The Kier molecular flexibility index (Phi) is 5.21. The van der Waals surface area contributed by atoms with Crippen LogP contribution in [-0.4, -0.2) is 21.3 Å². The van der Waals surface area contributed by atoms with E-state index in [1.165, 1.54) is 0 Å². The van der Waals surface area contributed by atoms with Crippen molar-refractivity contribution in [3.63, 3.8) is 0 Å². The second-order valence-corrected chi connectivity index (χ2v) is 7.21. The summed E-state index contributed by atoms with van der Waals surface area (Å²) in [6.07, 6.45) is 0.647. The van der Waals surface area contributed by atoms with Gasteiger partial charge in [0.1, 0.15) is 18.2 Å². The standard InChI is InChI=1S/C21H18Cl2N2O2/c22-16-10-17(23)12-18(11-16)27-13-21-24-19-8-14-4-1-2-5-15(14)9-20(19)25(21)6-3-7-26/h1-2,4-5,8-12,26H,3,6-7,13H2. The van der Waals surface area contributed by atoms with Gasteiger partial charge < -0.3 is 14.4 Å². The normalized spacial score (nSPS) is 11.4. The fraction of sp³-hybridized carbons (Fsp3) is 0.190. The molecule has 0 amide bonds. The third-order valence-electron chi connectivity index (χ3n) is 4.44. The smallest absolute Gasteiger partial charge is 0.147 e. The molecule has 1 heterocycles. The predicted octanol–water partition coefficient (Wildman–Crippen LogP) is 5.46. The highest BCUT2D eigenvalue weighted by atomic mass is 35.5. The Morgan fingerprint density at radius 1 is 0.963 bits per heavy atom. The molecule has 0 atom stereocenters. The molecular weight excluding hydrogens is 383 g/mol. The zero-order chi connectivity index (χ0) is 18.8. The quantitative estimate of drug-likeness (QED) is 0.467. The van der Waals surface area contributed by atoms with Gasteiger partial charge in [0, 0.05) is 23.2 Å². The summed E-state index contributed by atoms with van der Waals surface area (Å²) < 4.78 is 7.99. The van der Waals surface area contributed by atoms with Crippen LogP contribution in [0.3, 0.4) is 0 Å². The van der Waals surface area contributed by atoms with Gasteiger partial charge in [-0.2, -0.15) is 0 Å². The van der Waals surface area contributed by atoms with E-state index in [2.05, 4.69) is 28.8 Å². The number of aliphatic hydroxyl groups excluding tert-OH is 1. The van der Waals surface area contributed by atoms with Crippen LogP contribution in [0, 0.1) is 0 Å². The Morgan fingerprint density at radius 2 is 1.67 bits per heavy atom. The maximum atomic E-state index is 9.27. The van der Waals surface area contributed by atoms with Crippen LogP contribution in [0.25, 0.3) is 21.8 Å². The highest BCUT2D eigenvalue weighted by molar-refractivity contribution is 6.34. The van der Waals surface area contributed by atoms with Crippen molar-refractivity contribution in [1.82, 2.24) is 9.55 Å². The Morgan fingerprint density at radius 3 is 2.37 bits per heavy atom. The summed E-state index contributed by atoms with van der Waals surface area (Å²) in [6, 6.07) is 17.5. The van der Waals surface area contributed by atoms with Gasteiger partial charge in [-0.25, -0.2) is 4.98 Å². The van der Waals surface area contributed by atoms with Gasteiger partial charge in [-0.1, -0.05) is 47.5 Å². The van der Waals surface area contributed by atoms with Crippen LogP contribution in [-0.2, 0) is 13.2 Å². The minimum atomic E-state index is 0.122. The maximum absolute atomic E-state index is 9.27. The molecule has 1 aromatic heterocycles. The lowest BCUT2D eigenvalue weighted by atomic mass is 10.1. The highest BCUT2D eigenvalue weighted by Crippen LogP contribution is 2.27. The lowest BCUT2D eigenvalue weighted by molar-refractivity contribution is 0.269. The summed E-state index contributed by atoms with van der Waals surface area (Å²) in [4.78, 5) is 4.77. The monoisotopic (exact) mass is 400 g/mol. The Labute approximate surface area is 166 Å². The minimum absolute atomic E-state index is 0.122. The molecule has 0 aliphatic heterocycles. The summed E-state index contributed by atoms with van der Waals surface area (Å²) in [5.41, 5.74) is 1.94. The fourth-order valence-corrected chi connectivity index (χ4v) is 3.71. The second kappa shape index (κ2) is 7.77. The van der Waals surface area contributed by atoms with E-state index in [-0.39, 0.29) is 13.2 Å². The molecule has 0 bridgehead atoms. The lowest BCUT2D eigenvalue weighted by Gasteiger charge is -2.10. The minimum Gasteiger partial charge on any atom is -0.486 e. The van der Waals surface area contributed by atoms with Gasteiger partial charge in [0.05, 0.1) is 11.0 Å². The van der Waals surface area contributed by atoms with Crippen molar-refractivity contribution in [2.75, 3.05) is 6.61 Å². The van der Waals surface area contributed by atoms with Crippen LogP contribution < -0.4 is 4.74 Å². The molecule has 4 rings (SSSR count). The zero-order valence-electron chi connectivity index (χ0n) is 14.5. The molecule has 0 saturated carbocycles. The number of hydrogen-bond donors (Lipinski definition) is 1. The third-order valence-corrected chi connectivity index (χ3v) is 4.88. The van der Waals surface area contributed by atoms with E-state index in [9.17, 15) is 5.11 Å². The van der Waals surface area contributed by atoms with Crippen LogP contribution in [0.2, 0.25) is 10.0 Å². The van der Waals surface area contributed by atoms with Gasteiger partial charge in [-0.3, -0.25) is 0 Å². The molecular formula is C21H18Cl2N2O2. The van der Waals surface area contributed by atoms with E-state index in [1.807, 2.05) is 12.1 Å². The van der Waals surface area contributed by atoms with Gasteiger partial charge in [-0.15, -0.1) is 0 Å². The molecule has 6 heteroatoms. The lowest BCUT2D eigenvalue weighted by Crippen LogP contribution is -2.08. The highest BCUT2D eigenvalue weighted by Gasteiger charge is 2.13. The average molecular weight is 401 g/mol. The molecule has 27 heavy (non-hydrogen) atoms. The Bertz CT molecular complexity index is 1090. The number of aliphatic hydroxyl groups is 1. The van der Waals surface area contributed by atoms with Crippen molar-refractivity contribution in [1.29, 1.82) is 0 Å². The molecule has 0 spiro atoms. The largest absolute Gasteiger partial charge is 0.486 e. The van der Waals surface area contributed by atoms with Crippen molar-refractivity contribution >= 4 is 45.0 Å². The molecule has 138 valence electrons. The molecule has 0 saturated heterocycles. The van der Waals surface area contributed by atoms with E-state index in [1.54, 1.807) is 18.2 Å². The van der Waals surface area contributed by atoms with Gasteiger partial charge in [0.25, 0.3) is 0 Å². The number of halogens is 2. The molecule has 0 radical (unpaired) electrons. The van der Waals surface area contributed by atoms with E-state index < -0.39 is 0 Å². The number of ether oxygens (including phenoxy) is 1. The fourth-order valence-electron chi connectivity index (χ4n) is 3.21. The molecule has 4 nitrogen and oxygen atoms in total. The SMILES string of the molecule is OCCCn1c(COc2cc(Cl)cc(Cl)c2)nc2cc3ccccc3cc21. The topological polar surface area (TPSA) is 47.3 Å². The summed E-state index contributed by atoms with van der Waals surface area (Å²) in [5, 5.41) is 12.6. The Hall–Kier alpha value is -2.27. The maximum Gasteiger partial charge on any atom is 0.147 e. The second-order valence-electron chi connectivity index (χ2n) is 6.34. The summed E-state index contributed by atoms with van der Waals surface area (Å²) >= 11 is 12.1.